The molecule has 0 amide bonds. The van der Waals surface area contributed by atoms with Crippen molar-refractivity contribution in [1.29, 1.82) is 0 Å². The lowest BCUT2D eigenvalue weighted by Gasteiger charge is -2.19. The molecule has 0 aromatic heterocycles. The fraction of sp³-hybridized carbons (Fsp3) is 0.625. The molecule has 0 aliphatic rings. The van der Waals surface area contributed by atoms with E-state index in [0.717, 1.165) is 18.0 Å². The van der Waals surface area contributed by atoms with Gasteiger partial charge in [-0.05, 0) is 51.5 Å². The largest absolute Gasteiger partial charge is 0.494 e. The van der Waals surface area contributed by atoms with Gasteiger partial charge in [0, 0.05) is 12.6 Å². The Morgan fingerprint density at radius 2 is 1.68 bits per heavy atom. The minimum absolute atomic E-state index is 0.164. The molecule has 3 nitrogen and oxygen atoms in total. The van der Waals surface area contributed by atoms with Crippen LogP contribution in [0.25, 0.3) is 0 Å². The average molecular weight is 265 g/mol. The molecular formula is C16H27NO2. The molecule has 0 spiro atoms. The van der Waals surface area contributed by atoms with Crippen LogP contribution < -0.4 is 14.8 Å². The second-order valence-electron chi connectivity index (χ2n) is 4.93. The summed E-state index contributed by atoms with van der Waals surface area (Å²) in [5, 5.41) is 3.49. The first-order chi connectivity index (χ1) is 9.15. The van der Waals surface area contributed by atoms with Gasteiger partial charge in [-0.2, -0.15) is 0 Å². The monoisotopic (exact) mass is 265 g/mol. The molecule has 19 heavy (non-hydrogen) atoms. The molecule has 0 fully saturated rings. The predicted molar refractivity (Wildman–Crippen MR) is 80.1 cm³/mol. The van der Waals surface area contributed by atoms with Crippen LogP contribution in [-0.4, -0.2) is 25.3 Å². The van der Waals surface area contributed by atoms with Crippen molar-refractivity contribution in [2.24, 2.45) is 0 Å². The maximum absolute atomic E-state index is 5.86. The standard InChI is InChI=1S/C16H27NO2/c1-5-7-13(3)17-12-14(4)19-16-10-8-15(9-11-16)18-6-2/h8-11,13-14,17H,5-7,12H2,1-4H3. The zero-order chi connectivity index (χ0) is 14.1. The summed E-state index contributed by atoms with van der Waals surface area (Å²) in [4.78, 5) is 0. The minimum Gasteiger partial charge on any atom is -0.494 e. The molecule has 1 aromatic carbocycles. The van der Waals surface area contributed by atoms with E-state index in [1.165, 1.54) is 12.8 Å². The summed E-state index contributed by atoms with van der Waals surface area (Å²) in [6.07, 6.45) is 2.58. The van der Waals surface area contributed by atoms with Crippen LogP contribution in [0.3, 0.4) is 0 Å². The lowest BCUT2D eigenvalue weighted by molar-refractivity contribution is 0.211. The Morgan fingerprint density at radius 3 is 2.26 bits per heavy atom. The number of hydrogen-bond donors (Lipinski definition) is 1. The van der Waals surface area contributed by atoms with Crippen molar-refractivity contribution in [3.05, 3.63) is 24.3 Å². The number of rotatable bonds is 9. The Bertz CT molecular complexity index is 337. The van der Waals surface area contributed by atoms with Gasteiger partial charge in [-0.25, -0.2) is 0 Å². The molecule has 0 saturated heterocycles. The molecule has 1 aromatic rings. The fourth-order valence-corrected chi connectivity index (χ4v) is 1.96. The first kappa shape index (κ1) is 15.8. The summed E-state index contributed by atoms with van der Waals surface area (Å²) in [7, 11) is 0. The summed E-state index contributed by atoms with van der Waals surface area (Å²) in [5.74, 6) is 1.78. The number of nitrogens with one attached hydrogen (secondary N) is 1. The van der Waals surface area contributed by atoms with E-state index in [-0.39, 0.29) is 6.10 Å². The van der Waals surface area contributed by atoms with Gasteiger partial charge < -0.3 is 14.8 Å². The van der Waals surface area contributed by atoms with E-state index in [9.17, 15) is 0 Å². The van der Waals surface area contributed by atoms with Crippen molar-refractivity contribution < 1.29 is 9.47 Å². The molecule has 1 rings (SSSR count). The second kappa shape index (κ2) is 8.81. The fourth-order valence-electron chi connectivity index (χ4n) is 1.96. The van der Waals surface area contributed by atoms with Gasteiger partial charge in [0.25, 0.3) is 0 Å². The molecule has 0 saturated carbocycles. The molecule has 0 aliphatic carbocycles. The molecule has 0 aliphatic heterocycles. The summed E-state index contributed by atoms with van der Waals surface area (Å²) in [5.41, 5.74) is 0. The van der Waals surface area contributed by atoms with Gasteiger partial charge in [0.15, 0.2) is 0 Å². The van der Waals surface area contributed by atoms with Crippen LogP contribution in [0.5, 0.6) is 11.5 Å². The smallest absolute Gasteiger partial charge is 0.120 e. The predicted octanol–water partition coefficient (Wildman–Crippen LogP) is 3.63. The third-order valence-corrected chi connectivity index (χ3v) is 2.95. The van der Waals surface area contributed by atoms with Gasteiger partial charge in [0.05, 0.1) is 6.61 Å². The van der Waals surface area contributed by atoms with Gasteiger partial charge in [-0.15, -0.1) is 0 Å². The zero-order valence-corrected chi connectivity index (χ0v) is 12.6. The van der Waals surface area contributed by atoms with Crippen LogP contribution in [-0.2, 0) is 0 Å². The van der Waals surface area contributed by atoms with Crippen molar-refractivity contribution in [1.82, 2.24) is 5.32 Å². The SMILES string of the molecule is CCCC(C)NCC(C)Oc1ccc(OCC)cc1. The van der Waals surface area contributed by atoms with Crippen molar-refractivity contribution in [2.75, 3.05) is 13.2 Å². The van der Waals surface area contributed by atoms with Crippen LogP contribution in [0, 0.1) is 0 Å². The first-order valence-corrected chi connectivity index (χ1v) is 7.28. The molecule has 3 heteroatoms. The summed E-state index contributed by atoms with van der Waals surface area (Å²) in [6.45, 7) is 10.0. The second-order valence-corrected chi connectivity index (χ2v) is 4.93. The summed E-state index contributed by atoms with van der Waals surface area (Å²) >= 11 is 0. The topological polar surface area (TPSA) is 30.5 Å². The van der Waals surface area contributed by atoms with Crippen molar-refractivity contribution in [3.8, 4) is 11.5 Å². The van der Waals surface area contributed by atoms with Crippen molar-refractivity contribution >= 4 is 0 Å². The highest BCUT2D eigenvalue weighted by Gasteiger charge is 2.06. The van der Waals surface area contributed by atoms with Crippen molar-refractivity contribution in [2.45, 2.75) is 52.7 Å². The Labute approximate surface area is 117 Å². The van der Waals surface area contributed by atoms with E-state index in [4.69, 9.17) is 9.47 Å². The minimum atomic E-state index is 0.164. The number of benzene rings is 1. The Morgan fingerprint density at radius 1 is 1.05 bits per heavy atom. The lowest BCUT2D eigenvalue weighted by Crippen LogP contribution is -2.34. The van der Waals surface area contributed by atoms with E-state index in [1.54, 1.807) is 0 Å². The Hall–Kier alpha value is -1.22. The third-order valence-electron chi connectivity index (χ3n) is 2.95. The third kappa shape index (κ3) is 6.48. The number of hydrogen-bond acceptors (Lipinski definition) is 3. The highest BCUT2D eigenvalue weighted by molar-refractivity contribution is 5.31. The van der Waals surface area contributed by atoms with E-state index in [0.29, 0.717) is 12.6 Å². The van der Waals surface area contributed by atoms with Crippen LogP contribution >= 0.6 is 0 Å². The Balaban J connectivity index is 2.33. The van der Waals surface area contributed by atoms with E-state index >= 15 is 0 Å². The first-order valence-electron chi connectivity index (χ1n) is 7.28. The average Bonchev–Trinajstić information content (AvgIpc) is 2.39. The molecule has 0 bridgehead atoms. The van der Waals surface area contributed by atoms with Gasteiger partial charge in [-0.1, -0.05) is 13.3 Å². The Kier molecular flexibility index (Phi) is 7.34. The summed E-state index contributed by atoms with van der Waals surface area (Å²) < 4.78 is 11.3. The highest BCUT2D eigenvalue weighted by atomic mass is 16.5. The van der Waals surface area contributed by atoms with Gasteiger partial charge in [-0.3, -0.25) is 0 Å². The quantitative estimate of drug-likeness (QED) is 0.739. The van der Waals surface area contributed by atoms with Gasteiger partial charge >= 0.3 is 0 Å². The van der Waals surface area contributed by atoms with E-state index in [2.05, 4.69) is 26.1 Å². The van der Waals surface area contributed by atoms with Gasteiger partial charge in [0.1, 0.15) is 17.6 Å². The molecule has 2 atom stereocenters. The molecule has 108 valence electrons. The summed E-state index contributed by atoms with van der Waals surface area (Å²) in [6, 6.07) is 8.35. The normalized spacial score (nSPS) is 13.9. The maximum Gasteiger partial charge on any atom is 0.120 e. The van der Waals surface area contributed by atoms with Crippen LogP contribution in [0.4, 0.5) is 0 Å². The molecule has 0 radical (unpaired) electrons. The van der Waals surface area contributed by atoms with Crippen LogP contribution in [0.1, 0.15) is 40.5 Å². The molecule has 0 heterocycles. The van der Waals surface area contributed by atoms with Crippen molar-refractivity contribution in [3.63, 3.8) is 0 Å². The van der Waals surface area contributed by atoms with Crippen LogP contribution in [0.2, 0.25) is 0 Å². The van der Waals surface area contributed by atoms with Gasteiger partial charge in [0.2, 0.25) is 0 Å². The molecule has 1 N–H and O–H groups in total. The number of ether oxygens (including phenoxy) is 2. The molecule has 2 unspecified atom stereocenters. The maximum atomic E-state index is 5.86. The lowest BCUT2D eigenvalue weighted by atomic mass is 10.2. The van der Waals surface area contributed by atoms with E-state index in [1.807, 2.05) is 31.2 Å². The zero-order valence-electron chi connectivity index (χ0n) is 12.6. The van der Waals surface area contributed by atoms with Crippen LogP contribution in [0.15, 0.2) is 24.3 Å². The van der Waals surface area contributed by atoms with E-state index < -0.39 is 0 Å². The molecular weight excluding hydrogens is 238 g/mol. The highest BCUT2D eigenvalue weighted by Crippen LogP contribution is 2.18.